The number of anilines is 1. The van der Waals surface area contributed by atoms with Gasteiger partial charge < -0.3 is 5.73 Å². The highest BCUT2D eigenvalue weighted by atomic mass is 15.3. The van der Waals surface area contributed by atoms with E-state index in [4.69, 9.17) is 10.7 Å². The largest absolute Gasteiger partial charge is 0.394 e. The van der Waals surface area contributed by atoms with Gasteiger partial charge >= 0.3 is 0 Å². The molecule has 1 saturated heterocycles. The number of hydrogen-bond donors (Lipinski definition) is 1. The third-order valence-electron chi connectivity index (χ3n) is 4.90. The summed E-state index contributed by atoms with van der Waals surface area (Å²) in [4.78, 5) is 7.34. The van der Waals surface area contributed by atoms with Crippen LogP contribution in [0.15, 0.2) is 42.6 Å². The molecule has 1 fully saturated rings. The van der Waals surface area contributed by atoms with Gasteiger partial charge in [-0.15, -0.1) is 0 Å². The number of aryl methyl sites for hydroxylation is 1. The highest BCUT2D eigenvalue weighted by molar-refractivity contribution is 5.67. The molecule has 4 rings (SSSR count). The van der Waals surface area contributed by atoms with Crippen molar-refractivity contribution >= 4 is 11.3 Å². The second-order valence-electron chi connectivity index (χ2n) is 6.68. The van der Waals surface area contributed by atoms with Gasteiger partial charge in [0.2, 0.25) is 0 Å². The van der Waals surface area contributed by atoms with Gasteiger partial charge in [0, 0.05) is 30.9 Å². The molecule has 0 spiro atoms. The van der Waals surface area contributed by atoms with Gasteiger partial charge in [-0.25, -0.2) is 9.50 Å². The van der Waals surface area contributed by atoms with Crippen molar-refractivity contribution in [2.45, 2.75) is 32.2 Å². The molecule has 5 nitrogen and oxygen atoms in total. The summed E-state index contributed by atoms with van der Waals surface area (Å²) in [5, 5.41) is 4.39. The molecule has 5 heteroatoms. The fourth-order valence-corrected chi connectivity index (χ4v) is 3.58. The smallest absolute Gasteiger partial charge is 0.178 e. The monoisotopic (exact) mass is 321 g/mol. The molecule has 3 aromatic rings. The minimum Gasteiger partial charge on any atom is -0.394 e. The maximum atomic E-state index is 6.11. The lowest BCUT2D eigenvalue weighted by molar-refractivity contribution is 0.198. The average molecular weight is 321 g/mol. The molecule has 0 amide bonds. The lowest BCUT2D eigenvalue weighted by Crippen LogP contribution is -2.34. The summed E-state index contributed by atoms with van der Waals surface area (Å²) in [5.41, 5.74) is 10.9. The van der Waals surface area contributed by atoms with Crippen molar-refractivity contribution in [3.05, 3.63) is 59.5 Å². The van der Waals surface area contributed by atoms with Crippen LogP contribution >= 0.6 is 0 Å². The first-order chi connectivity index (χ1) is 11.7. The number of fused-ring (bicyclic) bond motifs is 1. The second kappa shape index (κ2) is 6.24. The van der Waals surface area contributed by atoms with Crippen LogP contribution in [0.2, 0.25) is 0 Å². The van der Waals surface area contributed by atoms with Crippen molar-refractivity contribution in [1.29, 1.82) is 0 Å². The first-order valence-corrected chi connectivity index (χ1v) is 8.58. The van der Waals surface area contributed by atoms with E-state index in [2.05, 4.69) is 46.4 Å². The third-order valence-corrected chi connectivity index (χ3v) is 4.90. The topological polar surface area (TPSA) is 59.5 Å². The number of aromatic nitrogens is 3. The van der Waals surface area contributed by atoms with Crippen molar-refractivity contribution in [2.24, 2.45) is 0 Å². The van der Waals surface area contributed by atoms with Crippen molar-refractivity contribution in [3.8, 4) is 0 Å². The van der Waals surface area contributed by atoms with E-state index in [0.717, 1.165) is 36.7 Å². The fourth-order valence-electron chi connectivity index (χ4n) is 3.58. The molecule has 124 valence electrons. The summed E-state index contributed by atoms with van der Waals surface area (Å²) in [7, 11) is 0. The van der Waals surface area contributed by atoms with Crippen LogP contribution in [-0.4, -0.2) is 32.6 Å². The van der Waals surface area contributed by atoms with E-state index in [1.807, 2.05) is 13.1 Å². The summed E-state index contributed by atoms with van der Waals surface area (Å²) in [5.74, 6) is 0.460. The first-order valence-electron chi connectivity index (χ1n) is 8.58. The quantitative estimate of drug-likeness (QED) is 0.805. The number of rotatable bonds is 3. The Morgan fingerprint density at radius 1 is 1.21 bits per heavy atom. The zero-order valence-electron chi connectivity index (χ0n) is 14.0. The summed E-state index contributed by atoms with van der Waals surface area (Å²) in [6.07, 6.45) is 4.37. The normalized spacial score (nSPS) is 19.0. The van der Waals surface area contributed by atoms with Crippen LogP contribution in [0.25, 0.3) is 5.65 Å². The molecule has 1 atom stereocenters. The van der Waals surface area contributed by atoms with Crippen molar-refractivity contribution < 1.29 is 0 Å². The van der Waals surface area contributed by atoms with Gasteiger partial charge in [-0.3, -0.25) is 4.90 Å². The Hall–Kier alpha value is -2.40. The Balaban J connectivity index is 1.54. The van der Waals surface area contributed by atoms with Crippen LogP contribution < -0.4 is 5.73 Å². The predicted octanol–water partition coefficient (Wildman–Crippen LogP) is 3.00. The second-order valence-corrected chi connectivity index (χ2v) is 6.68. The zero-order chi connectivity index (χ0) is 16.5. The molecular formula is C19H23N5. The summed E-state index contributed by atoms with van der Waals surface area (Å²) < 4.78 is 1.78. The van der Waals surface area contributed by atoms with Crippen LogP contribution in [0.5, 0.6) is 0 Å². The van der Waals surface area contributed by atoms with Crippen molar-refractivity contribution in [1.82, 2.24) is 19.5 Å². The Labute approximate surface area is 142 Å². The Morgan fingerprint density at radius 2 is 2.04 bits per heavy atom. The third kappa shape index (κ3) is 2.87. The highest BCUT2D eigenvalue weighted by Gasteiger charge is 2.23. The Bertz CT molecular complexity index is 840. The van der Waals surface area contributed by atoms with E-state index in [0.29, 0.717) is 11.6 Å². The Kier molecular flexibility index (Phi) is 3.94. The van der Waals surface area contributed by atoms with Crippen LogP contribution in [0, 0.1) is 6.92 Å². The molecule has 3 heterocycles. The minimum absolute atomic E-state index is 0.460. The Morgan fingerprint density at radius 3 is 2.88 bits per heavy atom. The van der Waals surface area contributed by atoms with E-state index in [1.54, 1.807) is 4.52 Å². The molecule has 2 aromatic heterocycles. The highest BCUT2D eigenvalue weighted by Crippen LogP contribution is 2.28. The zero-order valence-corrected chi connectivity index (χ0v) is 14.0. The molecule has 0 aliphatic carbocycles. The van der Waals surface area contributed by atoms with Gasteiger partial charge in [-0.05, 0) is 37.9 Å². The van der Waals surface area contributed by atoms with Crippen LogP contribution in [0.3, 0.4) is 0 Å². The van der Waals surface area contributed by atoms with Gasteiger partial charge in [-0.1, -0.05) is 30.3 Å². The number of piperidine rings is 1. The van der Waals surface area contributed by atoms with E-state index < -0.39 is 0 Å². The lowest BCUT2D eigenvalue weighted by Gasteiger charge is -2.32. The number of benzene rings is 1. The molecule has 1 aromatic carbocycles. The molecule has 0 bridgehead atoms. The van der Waals surface area contributed by atoms with E-state index in [-0.39, 0.29) is 0 Å². The molecule has 1 aliphatic rings. The van der Waals surface area contributed by atoms with Gasteiger partial charge in [0.15, 0.2) is 5.65 Å². The average Bonchev–Trinajstić information content (AvgIpc) is 2.90. The maximum Gasteiger partial charge on any atom is 0.178 e. The standard InChI is InChI=1S/C19H23N5/c1-14-18(20)19-21-17(9-11-24(19)22-14)16-8-5-10-23(13-16)12-15-6-3-2-4-7-15/h2-4,6-7,9,11,16H,5,8,10,12-13,20H2,1H3. The molecule has 2 N–H and O–H groups in total. The molecule has 1 aliphatic heterocycles. The molecule has 0 saturated carbocycles. The van der Waals surface area contributed by atoms with Crippen LogP contribution in [0.4, 0.5) is 5.69 Å². The summed E-state index contributed by atoms with van der Waals surface area (Å²) >= 11 is 0. The van der Waals surface area contributed by atoms with E-state index in [1.165, 1.54) is 18.4 Å². The van der Waals surface area contributed by atoms with Crippen molar-refractivity contribution in [3.63, 3.8) is 0 Å². The molecule has 0 radical (unpaired) electrons. The number of likely N-dealkylation sites (tertiary alicyclic amines) is 1. The summed E-state index contributed by atoms with van der Waals surface area (Å²) in [6.45, 7) is 5.13. The fraction of sp³-hybridized carbons (Fsp3) is 0.368. The van der Waals surface area contributed by atoms with E-state index in [9.17, 15) is 0 Å². The van der Waals surface area contributed by atoms with Gasteiger partial charge in [0.25, 0.3) is 0 Å². The molecular weight excluding hydrogens is 298 g/mol. The SMILES string of the molecule is Cc1nn2ccc(C3CCCN(Cc4ccccc4)C3)nc2c1N. The minimum atomic E-state index is 0.460. The van der Waals surface area contributed by atoms with Crippen LogP contribution in [0.1, 0.15) is 35.7 Å². The number of nitrogen functional groups attached to an aromatic ring is 1. The maximum absolute atomic E-state index is 6.11. The van der Waals surface area contributed by atoms with E-state index >= 15 is 0 Å². The van der Waals surface area contributed by atoms with Crippen LogP contribution in [-0.2, 0) is 6.54 Å². The number of nitrogens with two attached hydrogens (primary N) is 1. The first kappa shape index (κ1) is 15.1. The number of hydrogen-bond acceptors (Lipinski definition) is 4. The molecule has 1 unspecified atom stereocenters. The summed E-state index contributed by atoms with van der Waals surface area (Å²) in [6, 6.07) is 12.8. The lowest BCUT2D eigenvalue weighted by atomic mass is 9.94. The van der Waals surface area contributed by atoms with Gasteiger partial charge in [0.05, 0.1) is 5.69 Å². The molecule has 24 heavy (non-hydrogen) atoms. The van der Waals surface area contributed by atoms with Crippen molar-refractivity contribution in [2.75, 3.05) is 18.8 Å². The van der Waals surface area contributed by atoms with Gasteiger partial charge in [0.1, 0.15) is 5.69 Å². The predicted molar refractivity (Wildman–Crippen MR) is 95.8 cm³/mol. The number of nitrogens with zero attached hydrogens (tertiary/aromatic N) is 4. The van der Waals surface area contributed by atoms with Gasteiger partial charge in [-0.2, -0.15) is 5.10 Å².